The first-order valence-corrected chi connectivity index (χ1v) is 3.14. The van der Waals surface area contributed by atoms with Crippen LogP contribution in [0.3, 0.4) is 0 Å². The van der Waals surface area contributed by atoms with Gasteiger partial charge >= 0.3 is 5.97 Å². The minimum atomic E-state index is -0.868. The predicted molar refractivity (Wildman–Crippen MR) is 31.3 cm³/mol. The molecule has 0 amide bonds. The molecule has 0 spiro atoms. The fraction of sp³-hybridized carbons (Fsp3) is 0.800. The summed E-state index contributed by atoms with van der Waals surface area (Å²) in [6.45, 7) is 0.463. The van der Waals surface area contributed by atoms with Gasteiger partial charge in [-0.05, 0) is 6.42 Å². The average Bonchev–Trinajstić information content (AvgIpc) is 2.13. The van der Waals surface area contributed by atoms with Gasteiger partial charge in [0.25, 0.3) is 0 Å². The van der Waals surface area contributed by atoms with Crippen LogP contribution < -0.4 is 0 Å². The second kappa shape index (κ2) is 2.54. The van der Waals surface area contributed by atoms with E-state index >= 15 is 0 Å². The van der Waals surface area contributed by atoms with Crippen LogP contribution in [0.4, 0.5) is 0 Å². The molecular formula is C5H7ClO3. The van der Waals surface area contributed by atoms with Crippen molar-refractivity contribution in [1.29, 1.82) is 0 Å². The Kier molecular flexibility index (Phi) is 1.93. The molecule has 0 aromatic carbocycles. The van der Waals surface area contributed by atoms with Crippen molar-refractivity contribution in [1.82, 2.24) is 0 Å². The fourth-order valence-corrected chi connectivity index (χ4v) is 1.11. The number of halogens is 1. The molecule has 0 radical (unpaired) electrons. The van der Waals surface area contributed by atoms with Crippen LogP contribution in [0.15, 0.2) is 0 Å². The van der Waals surface area contributed by atoms with Gasteiger partial charge in [-0.1, -0.05) is 11.6 Å². The average molecular weight is 151 g/mol. The van der Waals surface area contributed by atoms with Crippen LogP contribution in [-0.4, -0.2) is 23.2 Å². The number of carboxylic acid groups (broad SMARTS) is 1. The van der Waals surface area contributed by atoms with Crippen LogP contribution in [0.1, 0.15) is 6.42 Å². The number of carbonyl (C=O) groups is 1. The summed E-state index contributed by atoms with van der Waals surface area (Å²) in [5.74, 6) is -1.38. The molecule has 52 valence electrons. The molecule has 1 N–H and O–H groups in total. The van der Waals surface area contributed by atoms with Crippen molar-refractivity contribution in [3.63, 3.8) is 0 Å². The SMILES string of the molecule is O=C(O)C1CCOC1Cl. The van der Waals surface area contributed by atoms with Crippen LogP contribution in [0.5, 0.6) is 0 Å². The number of rotatable bonds is 1. The van der Waals surface area contributed by atoms with E-state index in [1.807, 2.05) is 0 Å². The highest BCUT2D eigenvalue weighted by atomic mass is 35.5. The summed E-state index contributed by atoms with van der Waals surface area (Å²) < 4.78 is 4.81. The first-order valence-electron chi connectivity index (χ1n) is 2.70. The Balaban J connectivity index is 2.49. The molecule has 0 bridgehead atoms. The zero-order valence-electron chi connectivity index (χ0n) is 4.71. The Labute approximate surface area is 57.6 Å². The summed E-state index contributed by atoms with van der Waals surface area (Å²) in [4.78, 5) is 10.2. The molecule has 0 saturated carbocycles. The molecule has 1 aliphatic rings. The lowest BCUT2D eigenvalue weighted by Gasteiger charge is -2.04. The van der Waals surface area contributed by atoms with Crippen molar-refractivity contribution in [3.8, 4) is 0 Å². The number of aliphatic carboxylic acids is 1. The zero-order valence-corrected chi connectivity index (χ0v) is 5.47. The number of hydrogen-bond donors (Lipinski definition) is 1. The smallest absolute Gasteiger partial charge is 0.310 e. The van der Waals surface area contributed by atoms with Crippen molar-refractivity contribution in [3.05, 3.63) is 0 Å². The van der Waals surface area contributed by atoms with E-state index in [0.29, 0.717) is 13.0 Å². The predicted octanol–water partition coefficient (Wildman–Crippen LogP) is 0.672. The molecule has 0 aromatic heterocycles. The summed E-state index contributed by atoms with van der Waals surface area (Å²) in [5, 5.41) is 8.42. The van der Waals surface area contributed by atoms with E-state index in [4.69, 9.17) is 21.4 Å². The Morgan fingerprint density at radius 3 is 2.67 bits per heavy atom. The third-order valence-electron chi connectivity index (χ3n) is 1.34. The maximum atomic E-state index is 10.2. The summed E-state index contributed by atoms with van der Waals surface area (Å²) in [5.41, 5.74) is -0.623. The van der Waals surface area contributed by atoms with Gasteiger partial charge < -0.3 is 9.84 Å². The largest absolute Gasteiger partial charge is 0.481 e. The van der Waals surface area contributed by atoms with E-state index < -0.39 is 17.5 Å². The minimum absolute atomic E-state index is 0.463. The van der Waals surface area contributed by atoms with E-state index in [2.05, 4.69) is 0 Å². The van der Waals surface area contributed by atoms with Crippen LogP contribution in [0.25, 0.3) is 0 Å². The number of hydrogen-bond acceptors (Lipinski definition) is 2. The van der Waals surface area contributed by atoms with Crippen LogP contribution in [0.2, 0.25) is 0 Å². The van der Waals surface area contributed by atoms with Gasteiger partial charge in [0, 0.05) is 6.61 Å². The Hall–Kier alpha value is -0.280. The summed E-state index contributed by atoms with van der Waals surface area (Å²) in [6, 6.07) is 0. The highest BCUT2D eigenvalue weighted by Gasteiger charge is 2.32. The monoisotopic (exact) mass is 150 g/mol. The lowest BCUT2D eigenvalue weighted by atomic mass is 10.1. The molecule has 3 nitrogen and oxygen atoms in total. The Morgan fingerprint density at radius 2 is 2.44 bits per heavy atom. The van der Waals surface area contributed by atoms with Gasteiger partial charge in [0.15, 0.2) is 0 Å². The van der Waals surface area contributed by atoms with Crippen molar-refractivity contribution in [2.24, 2.45) is 5.92 Å². The molecule has 1 rings (SSSR count). The van der Waals surface area contributed by atoms with E-state index in [-0.39, 0.29) is 0 Å². The maximum absolute atomic E-state index is 10.2. The third-order valence-corrected chi connectivity index (χ3v) is 1.77. The molecule has 2 unspecified atom stereocenters. The molecule has 1 heterocycles. The summed E-state index contributed by atoms with van der Waals surface area (Å²) >= 11 is 5.47. The Bertz CT molecular complexity index is 125. The second-order valence-corrected chi connectivity index (χ2v) is 2.39. The van der Waals surface area contributed by atoms with E-state index in [1.54, 1.807) is 0 Å². The fourth-order valence-electron chi connectivity index (χ4n) is 0.790. The Morgan fingerprint density at radius 1 is 1.78 bits per heavy atom. The van der Waals surface area contributed by atoms with Gasteiger partial charge in [0.05, 0.1) is 5.92 Å². The highest BCUT2D eigenvalue weighted by Crippen LogP contribution is 2.23. The van der Waals surface area contributed by atoms with Gasteiger partial charge in [-0.2, -0.15) is 0 Å². The molecule has 2 atom stereocenters. The van der Waals surface area contributed by atoms with E-state index in [1.165, 1.54) is 0 Å². The quantitative estimate of drug-likeness (QED) is 0.559. The lowest BCUT2D eigenvalue weighted by Crippen LogP contribution is -2.18. The lowest BCUT2D eigenvalue weighted by molar-refractivity contribution is -0.142. The second-order valence-electron chi connectivity index (χ2n) is 1.96. The van der Waals surface area contributed by atoms with Crippen molar-refractivity contribution in [2.45, 2.75) is 12.0 Å². The van der Waals surface area contributed by atoms with Gasteiger partial charge in [0.1, 0.15) is 5.56 Å². The van der Waals surface area contributed by atoms with Gasteiger partial charge in [-0.15, -0.1) is 0 Å². The minimum Gasteiger partial charge on any atom is -0.481 e. The summed E-state index contributed by atoms with van der Waals surface area (Å²) in [6.07, 6.45) is 0.531. The first kappa shape index (κ1) is 6.83. The molecule has 1 aliphatic heterocycles. The standard InChI is InChI=1S/C5H7ClO3/c6-4-3(5(7)8)1-2-9-4/h3-4H,1-2H2,(H,7,8). The molecule has 1 saturated heterocycles. The zero-order chi connectivity index (χ0) is 6.85. The molecule has 4 heteroatoms. The maximum Gasteiger partial charge on any atom is 0.310 e. The van der Waals surface area contributed by atoms with Gasteiger partial charge in [-0.25, -0.2) is 0 Å². The van der Waals surface area contributed by atoms with Crippen molar-refractivity contribution >= 4 is 17.6 Å². The number of ether oxygens (including phenoxy) is 1. The molecular weight excluding hydrogens is 144 g/mol. The normalized spacial score (nSPS) is 34.8. The molecule has 0 aromatic rings. The van der Waals surface area contributed by atoms with Gasteiger partial charge in [0.2, 0.25) is 0 Å². The van der Waals surface area contributed by atoms with E-state index in [0.717, 1.165) is 0 Å². The molecule has 9 heavy (non-hydrogen) atoms. The number of carboxylic acids is 1. The van der Waals surface area contributed by atoms with Crippen LogP contribution in [-0.2, 0) is 9.53 Å². The van der Waals surface area contributed by atoms with Crippen molar-refractivity contribution < 1.29 is 14.6 Å². The van der Waals surface area contributed by atoms with E-state index in [9.17, 15) is 4.79 Å². The van der Waals surface area contributed by atoms with Crippen LogP contribution >= 0.6 is 11.6 Å². The number of alkyl halides is 1. The molecule has 1 fully saturated rings. The highest BCUT2D eigenvalue weighted by molar-refractivity contribution is 6.21. The first-order chi connectivity index (χ1) is 4.22. The molecule has 0 aliphatic carbocycles. The van der Waals surface area contributed by atoms with Crippen LogP contribution in [0, 0.1) is 5.92 Å². The van der Waals surface area contributed by atoms with Crippen molar-refractivity contribution in [2.75, 3.05) is 6.61 Å². The summed E-state index contributed by atoms with van der Waals surface area (Å²) in [7, 11) is 0. The topological polar surface area (TPSA) is 46.5 Å². The third kappa shape index (κ3) is 1.34. The van der Waals surface area contributed by atoms with Gasteiger partial charge in [-0.3, -0.25) is 4.79 Å².